The summed E-state index contributed by atoms with van der Waals surface area (Å²) in [6.45, 7) is 9.96. The van der Waals surface area contributed by atoms with Crippen LogP contribution < -0.4 is 0 Å². The van der Waals surface area contributed by atoms with Gasteiger partial charge in [-0.25, -0.2) is 4.79 Å². The van der Waals surface area contributed by atoms with Crippen molar-refractivity contribution in [2.75, 3.05) is 0 Å². The molecule has 0 N–H and O–H groups in total. The van der Waals surface area contributed by atoms with Crippen LogP contribution in [0.5, 0.6) is 0 Å². The molecule has 1 aliphatic carbocycles. The van der Waals surface area contributed by atoms with Gasteiger partial charge in [-0.1, -0.05) is 27.4 Å². The predicted molar refractivity (Wildman–Crippen MR) is 56.9 cm³/mol. The maximum Gasteiger partial charge on any atom is 0.330 e. The fourth-order valence-electron chi connectivity index (χ4n) is 1.98. The molecule has 0 bridgehead atoms. The largest absolute Gasteiger partial charge is 0.459 e. The molecule has 0 aromatic rings. The first-order chi connectivity index (χ1) is 6.45. The lowest BCUT2D eigenvalue weighted by Gasteiger charge is -2.40. The Bertz CT molecular complexity index is 230. The first kappa shape index (κ1) is 11.3. The van der Waals surface area contributed by atoms with E-state index in [1.165, 1.54) is 12.5 Å². The van der Waals surface area contributed by atoms with Gasteiger partial charge in [0.15, 0.2) is 0 Å². The monoisotopic (exact) mass is 196 g/mol. The zero-order valence-corrected chi connectivity index (χ0v) is 9.38. The molecule has 2 nitrogen and oxygen atoms in total. The van der Waals surface area contributed by atoms with E-state index in [2.05, 4.69) is 27.4 Å². The van der Waals surface area contributed by atoms with Crippen LogP contribution in [0, 0.1) is 11.3 Å². The predicted octanol–water partition coefficient (Wildman–Crippen LogP) is 2.93. The van der Waals surface area contributed by atoms with Crippen molar-refractivity contribution >= 4 is 5.97 Å². The summed E-state index contributed by atoms with van der Waals surface area (Å²) in [5.41, 5.74) is 0.116. The number of carbonyl (C=O) groups is 1. The van der Waals surface area contributed by atoms with Crippen molar-refractivity contribution in [1.29, 1.82) is 0 Å². The summed E-state index contributed by atoms with van der Waals surface area (Å²) in [6, 6.07) is 0. The Kier molecular flexibility index (Phi) is 3.35. The molecule has 0 amide bonds. The SMILES string of the molecule is C=CC(=O)OC1CC(C)CCC1(C)C. The number of carbonyl (C=O) groups excluding carboxylic acids is 1. The lowest BCUT2D eigenvalue weighted by molar-refractivity contribution is -0.153. The zero-order chi connectivity index (χ0) is 10.8. The third-order valence-corrected chi connectivity index (χ3v) is 3.19. The van der Waals surface area contributed by atoms with E-state index in [-0.39, 0.29) is 17.5 Å². The number of ether oxygens (including phenoxy) is 1. The second-order valence-electron chi connectivity index (χ2n) is 5.00. The fourth-order valence-corrected chi connectivity index (χ4v) is 1.98. The Labute approximate surface area is 86.3 Å². The Hall–Kier alpha value is -0.790. The zero-order valence-electron chi connectivity index (χ0n) is 9.38. The highest BCUT2D eigenvalue weighted by Crippen LogP contribution is 2.40. The van der Waals surface area contributed by atoms with Crippen LogP contribution >= 0.6 is 0 Å². The average molecular weight is 196 g/mol. The normalized spacial score (nSPS) is 30.8. The molecule has 1 fully saturated rings. The molecule has 2 heteroatoms. The van der Waals surface area contributed by atoms with Gasteiger partial charge in [0, 0.05) is 11.5 Å². The van der Waals surface area contributed by atoms with Crippen LogP contribution in [0.3, 0.4) is 0 Å². The Morgan fingerprint density at radius 3 is 2.79 bits per heavy atom. The van der Waals surface area contributed by atoms with Crippen LogP contribution in [0.4, 0.5) is 0 Å². The first-order valence-electron chi connectivity index (χ1n) is 5.29. The fraction of sp³-hybridized carbons (Fsp3) is 0.750. The molecule has 14 heavy (non-hydrogen) atoms. The van der Waals surface area contributed by atoms with E-state index in [4.69, 9.17) is 4.74 Å². The average Bonchev–Trinajstić information content (AvgIpc) is 2.12. The highest BCUT2D eigenvalue weighted by molar-refractivity contribution is 5.81. The molecule has 0 spiro atoms. The summed E-state index contributed by atoms with van der Waals surface area (Å²) in [5.74, 6) is 0.364. The standard InChI is InChI=1S/C12H20O2/c1-5-11(13)14-10-8-9(2)6-7-12(10,3)4/h5,9-10H,1,6-8H2,2-4H3. The topological polar surface area (TPSA) is 26.3 Å². The van der Waals surface area contributed by atoms with Gasteiger partial charge in [0.1, 0.15) is 6.10 Å². The minimum absolute atomic E-state index is 0.0525. The molecule has 1 rings (SSSR count). The van der Waals surface area contributed by atoms with Crippen LogP contribution in [-0.2, 0) is 9.53 Å². The molecule has 2 atom stereocenters. The molecule has 1 aliphatic rings. The minimum Gasteiger partial charge on any atom is -0.459 e. The van der Waals surface area contributed by atoms with E-state index in [0.717, 1.165) is 12.8 Å². The molecule has 0 aromatic heterocycles. The molecule has 0 aliphatic heterocycles. The van der Waals surface area contributed by atoms with Gasteiger partial charge in [-0.2, -0.15) is 0 Å². The molecule has 0 aromatic carbocycles. The summed E-state index contributed by atoms with van der Waals surface area (Å²) in [4.78, 5) is 11.1. The van der Waals surface area contributed by atoms with Gasteiger partial charge in [-0.15, -0.1) is 0 Å². The smallest absolute Gasteiger partial charge is 0.330 e. The quantitative estimate of drug-likeness (QED) is 0.501. The van der Waals surface area contributed by atoms with Crippen molar-refractivity contribution in [1.82, 2.24) is 0 Å². The maximum atomic E-state index is 11.1. The van der Waals surface area contributed by atoms with E-state index in [1.54, 1.807) is 0 Å². The molecule has 1 saturated carbocycles. The molecule has 0 heterocycles. The number of hydrogen-bond donors (Lipinski definition) is 0. The third-order valence-electron chi connectivity index (χ3n) is 3.19. The number of hydrogen-bond acceptors (Lipinski definition) is 2. The van der Waals surface area contributed by atoms with Gasteiger partial charge in [0.2, 0.25) is 0 Å². The Balaban J connectivity index is 2.62. The Morgan fingerprint density at radius 2 is 2.21 bits per heavy atom. The van der Waals surface area contributed by atoms with Crippen molar-refractivity contribution in [2.24, 2.45) is 11.3 Å². The van der Waals surface area contributed by atoms with Crippen molar-refractivity contribution in [3.63, 3.8) is 0 Å². The summed E-state index contributed by atoms with van der Waals surface area (Å²) < 4.78 is 5.37. The van der Waals surface area contributed by atoms with E-state index in [0.29, 0.717) is 5.92 Å². The molecule has 2 unspecified atom stereocenters. The van der Waals surface area contributed by atoms with Crippen LogP contribution in [0.2, 0.25) is 0 Å². The molecule has 80 valence electrons. The summed E-state index contributed by atoms with van der Waals surface area (Å²) >= 11 is 0. The second-order valence-corrected chi connectivity index (χ2v) is 5.00. The number of rotatable bonds is 2. The highest BCUT2D eigenvalue weighted by atomic mass is 16.5. The van der Waals surface area contributed by atoms with Gasteiger partial charge >= 0.3 is 5.97 Å². The van der Waals surface area contributed by atoms with Crippen LogP contribution in [0.1, 0.15) is 40.0 Å². The van der Waals surface area contributed by atoms with Crippen molar-refractivity contribution < 1.29 is 9.53 Å². The third kappa shape index (κ3) is 2.60. The van der Waals surface area contributed by atoms with Gasteiger partial charge in [0.05, 0.1) is 0 Å². The molecular weight excluding hydrogens is 176 g/mol. The summed E-state index contributed by atoms with van der Waals surface area (Å²) in [6.07, 6.45) is 4.64. The second kappa shape index (κ2) is 4.16. The first-order valence-corrected chi connectivity index (χ1v) is 5.29. The van der Waals surface area contributed by atoms with Crippen molar-refractivity contribution in [3.8, 4) is 0 Å². The van der Waals surface area contributed by atoms with Crippen molar-refractivity contribution in [3.05, 3.63) is 12.7 Å². The van der Waals surface area contributed by atoms with E-state index < -0.39 is 0 Å². The van der Waals surface area contributed by atoms with Crippen LogP contribution in [-0.4, -0.2) is 12.1 Å². The van der Waals surface area contributed by atoms with E-state index in [9.17, 15) is 4.79 Å². The lowest BCUT2D eigenvalue weighted by atomic mass is 9.71. The van der Waals surface area contributed by atoms with Gasteiger partial charge < -0.3 is 4.74 Å². The summed E-state index contributed by atoms with van der Waals surface area (Å²) in [5, 5.41) is 0. The van der Waals surface area contributed by atoms with Crippen LogP contribution in [0.25, 0.3) is 0 Å². The lowest BCUT2D eigenvalue weighted by Crippen LogP contribution is -2.38. The molecule has 0 radical (unpaired) electrons. The molecule has 0 saturated heterocycles. The van der Waals surface area contributed by atoms with Gasteiger partial charge in [-0.3, -0.25) is 0 Å². The minimum atomic E-state index is -0.294. The van der Waals surface area contributed by atoms with E-state index >= 15 is 0 Å². The molecular formula is C12H20O2. The van der Waals surface area contributed by atoms with E-state index in [1.807, 2.05) is 0 Å². The maximum absolute atomic E-state index is 11.1. The van der Waals surface area contributed by atoms with Crippen molar-refractivity contribution in [2.45, 2.75) is 46.1 Å². The highest BCUT2D eigenvalue weighted by Gasteiger charge is 2.37. The van der Waals surface area contributed by atoms with Crippen LogP contribution in [0.15, 0.2) is 12.7 Å². The summed E-state index contributed by atoms with van der Waals surface area (Å²) in [7, 11) is 0. The number of esters is 1. The Morgan fingerprint density at radius 1 is 1.57 bits per heavy atom. The van der Waals surface area contributed by atoms with Gasteiger partial charge in [0.25, 0.3) is 0 Å². The van der Waals surface area contributed by atoms with Gasteiger partial charge in [-0.05, 0) is 25.2 Å².